The Morgan fingerprint density at radius 1 is 1.04 bits per heavy atom. The Labute approximate surface area is 155 Å². The molecule has 4 heteroatoms. The highest BCUT2D eigenvalue weighted by Crippen LogP contribution is 2.12. The lowest BCUT2D eigenvalue weighted by molar-refractivity contribution is -0.919. The fraction of sp³-hybridized carbons (Fsp3) is 0.381. The van der Waals surface area contributed by atoms with Crippen molar-refractivity contribution in [3.05, 3.63) is 70.2 Å². The van der Waals surface area contributed by atoms with Crippen LogP contribution in [0.2, 0.25) is 5.02 Å². The number of carbonyl (C=O) groups is 1. The van der Waals surface area contributed by atoms with Crippen molar-refractivity contribution in [3.8, 4) is 0 Å². The third-order valence-electron chi connectivity index (χ3n) is 5.02. The number of likely N-dealkylation sites (tertiary alicyclic amines) is 1. The molecule has 0 radical (unpaired) electrons. The van der Waals surface area contributed by atoms with Crippen molar-refractivity contribution in [2.75, 3.05) is 13.1 Å². The Balaban J connectivity index is 1.42. The van der Waals surface area contributed by atoms with E-state index in [0.29, 0.717) is 6.54 Å². The summed E-state index contributed by atoms with van der Waals surface area (Å²) in [5, 5.41) is 3.88. The van der Waals surface area contributed by atoms with Gasteiger partial charge >= 0.3 is 0 Å². The van der Waals surface area contributed by atoms with Gasteiger partial charge in [-0.3, -0.25) is 4.79 Å². The van der Waals surface area contributed by atoms with Gasteiger partial charge in [0.25, 0.3) is 0 Å². The molecule has 2 N–H and O–H groups in total. The molecule has 0 aromatic heterocycles. The van der Waals surface area contributed by atoms with Crippen LogP contribution in [-0.4, -0.2) is 19.0 Å². The summed E-state index contributed by atoms with van der Waals surface area (Å²) in [4.78, 5) is 14.0. The quantitative estimate of drug-likeness (QED) is 0.847. The number of amides is 1. The van der Waals surface area contributed by atoms with Gasteiger partial charge < -0.3 is 10.2 Å². The normalized spacial score (nSPS) is 20.2. The first-order chi connectivity index (χ1) is 12.1. The standard InChI is InChI=1S/C21H25ClN2O/c1-16-2-4-17(5-3-16)14-23-21(25)19-10-12-24(13-11-19)15-18-6-8-20(22)9-7-18/h2-9,19H,10-15H2,1H3,(H,23,25)/p+1. The Bertz CT molecular complexity index is 689. The minimum absolute atomic E-state index is 0.152. The average molecular weight is 358 g/mol. The summed E-state index contributed by atoms with van der Waals surface area (Å²) < 4.78 is 0. The number of halogens is 1. The van der Waals surface area contributed by atoms with Crippen LogP contribution < -0.4 is 10.2 Å². The molecule has 0 spiro atoms. The second-order valence-corrected chi connectivity index (χ2v) is 7.47. The van der Waals surface area contributed by atoms with Gasteiger partial charge in [0.15, 0.2) is 0 Å². The van der Waals surface area contributed by atoms with E-state index in [-0.39, 0.29) is 11.8 Å². The summed E-state index contributed by atoms with van der Waals surface area (Å²) in [6.07, 6.45) is 1.92. The molecular weight excluding hydrogens is 332 g/mol. The summed E-state index contributed by atoms with van der Waals surface area (Å²) in [7, 11) is 0. The molecule has 1 amide bonds. The third kappa shape index (κ3) is 5.32. The largest absolute Gasteiger partial charge is 0.352 e. The lowest BCUT2D eigenvalue weighted by Crippen LogP contribution is -3.11. The highest BCUT2D eigenvalue weighted by molar-refractivity contribution is 6.30. The van der Waals surface area contributed by atoms with Crippen molar-refractivity contribution in [2.24, 2.45) is 5.92 Å². The molecule has 3 nitrogen and oxygen atoms in total. The number of rotatable bonds is 5. The van der Waals surface area contributed by atoms with Gasteiger partial charge in [0.1, 0.15) is 6.54 Å². The number of aryl methyl sites for hydroxylation is 1. The lowest BCUT2D eigenvalue weighted by atomic mass is 9.95. The molecule has 3 rings (SSSR count). The monoisotopic (exact) mass is 357 g/mol. The minimum Gasteiger partial charge on any atom is -0.352 e. The first-order valence-corrected chi connectivity index (χ1v) is 9.39. The van der Waals surface area contributed by atoms with E-state index in [1.54, 1.807) is 4.90 Å². The fourth-order valence-corrected chi connectivity index (χ4v) is 3.52. The molecule has 1 heterocycles. The van der Waals surface area contributed by atoms with Crippen molar-refractivity contribution in [1.29, 1.82) is 0 Å². The minimum atomic E-state index is 0.152. The number of benzene rings is 2. The van der Waals surface area contributed by atoms with E-state index < -0.39 is 0 Å². The highest BCUT2D eigenvalue weighted by Gasteiger charge is 2.27. The van der Waals surface area contributed by atoms with E-state index in [1.165, 1.54) is 11.1 Å². The van der Waals surface area contributed by atoms with Crippen LogP contribution in [-0.2, 0) is 17.9 Å². The smallest absolute Gasteiger partial charge is 0.223 e. The molecule has 0 bridgehead atoms. The van der Waals surface area contributed by atoms with Gasteiger partial charge in [-0.1, -0.05) is 53.6 Å². The predicted octanol–water partition coefficient (Wildman–Crippen LogP) is 2.76. The van der Waals surface area contributed by atoms with Crippen molar-refractivity contribution in [1.82, 2.24) is 5.32 Å². The predicted molar refractivity (Wildman–Crippen MR) is 102 cm³/mol. The van der Waals surface area contributed by atoms with Crippen LogP contribution in [0, 0.1) is 12.8 Å². The van der Waals surface area contributed by atoms with Crippen LogP contribution in [0.1, 0.15) is 29.5 Å². The van der Waals surface area contributed by atoms with Crippen LogP contribution in [0.3, 0.4) is 0 Å². The molecule has 1 fully saturated rings. The molecule has 1 aliphatic rings. The Morgan fingerprint density at radius 3 is 2.28 bits per heavy atom. The van der Waals surface area contributed by atoms with E-state index >= 15 is 0 Å². The van der Waals surface area contributed by atoms with E-state index in [0.717, 1.165) is 43.1 Å². The maximum atomic E-state index is 12.4. The number of nitrogens with one attached hydrogen (secondary N) is 2. The molecule has 0 unspecified atom stereocenters. The van der Waals surface area contributed by atoms with Crippen LogP contribution in [0.5, 0.6) is 0 Å². The average Bonchev–Trinajstić information content (AvgIpc) is 2.63. The molecule has 132 valence electrons. The number of hydrogen-bond acceptors (Lipinski definition) is 1. The van der Waals surface area contributed by atoms with Crippen molar-refractivity contribution in [2.45, 2.75) is 32.9 Å². The summed E-state index contributed by atoms with van der Waals surface area (Å²) >= 11 is 5.94. The summed E-state index contributed by atoms with van der Waals surface area (Å²) in [6.45, 7) is 5.80. The topological polar surface area (TPSA) is 33.5 Å². The molecular formula is C21H26ClN2O+. The first kappa shape index (κ1) is 18.0. The molecule has 2 aromatic rings. The van der Waals surface area contributed by atoms with Crippen LogP contribution >= 0.6 is 11.6 Å². The second kappa shape index (κ2) is 8.50. The summed E-state index contributed by atoms with van der Waals surface area (Å²) in [5.74, 6) is 0.352. The van der Waals surface area contributed by atoms with E-state index in [4.69, 9.17) is 11.6 Å². The van der Waals surface area contributed by atoms with Gasteiger partial charge in [-0.2, -0.15) is 0 Å². The maximum Gasteiger partial charge on any atom is 0.223 e. The highest BCUT2D eigenvalue weighted by atomic mass is 35.5. The SMILES string of the molecule is Cc1ccc(CNC(=O)C2CC[NH+](Cc3ccc(Cl)cc3)CC2)cc1. The van der Waals surface area contributed by atoms with Crippen LogP contribution in [0.25, 0.3) is 0 Å². The van der Waals surface area contributed by atoms with Crippen molar-refractivity contribution >= 4 is 17.5 Å². The summed E-state index contributed by atoms with van der Waals surface area (Å²) in [5.41, 5.74) is 3.71. The third-order valence-corrected chi connectivity index (χ3v) is 5.27. The Kier molecular flexibility index (Phi) is 6.11. The molecule has 25 heavy (non-hydrogen) atoms. The molecule has 0 saturated carbocycles. The van der Waals surface area contributed by atoms with Gasteiger partial charge in [0.2, 0.25) is 5.91 Å². The van der Waals surface area contributed by atoms with Gasteiger partial charge in [0, 0.05) is 35.9 Å². The van der Waals surface area contributed by atoms with E-state index in [1.807, 2.05) is 12.1 Å². The van der Waals surface area contributed by atoms with Gasteiger partial charge in [0.05, 0.1) is 13.1 Å². The Hall–Kier alpha value is -1.84. The zero-order valence-corrected chi connectivity index (χ0v) is 15.5. The van der Waals surface area contributed by atoms with Crippen LogP contribution in [0.4, 0.5) is 0 Å². The summed E-state index contributed by atoms with van der Waals surface area (Å²) in [6, 6.07) is 16.4. The lowest BCUT2D eigenvalue weighted by Gasteiger charge is -2.28. The zero-order chi connectivity index (χ0) is 17.6. The van der Waals surface area contributed by atoms with Crippen molar-refractivity contribution < 1.29 is 9.69 Å². The second-order valence-electron chi connectivity index (χ2n) is 7.03. The number of hydrogen-bond donors (Lipinski definition) is 2. The molecule has 1 saturated heterocycles. The maximum absolute atomic E-state index is 12.4. The van der Waals surface area contributed by atoms with Gasteiger partial charge in [-0.25, -0.2) is 0 Å². The van der Waals surface area contributed by atoms with E-state index in [2.05, 4.69) is 48.6 Å². The number of carbonyl (C=O) groups excluding carboxylic acids is 1. The van der Waals surface area contributed by atoms with Gasteiger partial charge in [-0.05, 0) is 24.6 Å². The molecule has 2 aromatic carbocycles. The number of piperidine rings is 1. The molecule has 0 atom stereocenters. The fourth-order valence-electron chi connectivity index (χ4n) is 3.40. The van der Waals surface area contributed by atoms with Crippen molar-refractivity contribution in [3.63, 3.8) is 0 Å². The van der Waals surface area contributed by atoms with E-state index in [9.17, 15) is 4.79 Å². The number of quaternary nitrogens is 1. The molecule has 0 aliphatic carbocycles. The van der Waals surface area contributed by atoms with Gasteiger partial charge in [-0.15, -0.1) is 0 Å². The zero-order valence-electron chi connectivity index (χ0n) is 14.7. The Morgan fingerprint density at radius 2 is 1.64 bits per heavy atom. The van der Waals surface area contributed by atoms with Crippen LogP contribution in [0.15, 0.2) is 48.5 Å². The first-order valence-electron chi connectivity index (χ1n) is 9.01. The molecule has 1 aliphatic heterocycles.